The SMILES string of the molecule is Cc1cccc(N2CC(C(=O)Nc3ccccc3C(=O)NCC3CCCO3)CC2=O)c1. The second-order valence-corrected chi connectivity index (χ2v) is 8.12. The number of nitrogens with zero attached hydrogens (tertiary/aromatic N) is 1. The number of amides is 3. The summed E-state index contributed by atoms with van der Waals surface area (Å²) in [6.07, 6.45) is 2.13. The molecule has 2 unspecified atom stereocenters. The largest absolute Gasteiger partial charge is 0.376 e. The van der Waals surface area contributed by atoms with Gasteiger partial charge in [-0.15, -0.1) is 0 Å². The second-order valence-electron chi connectivity index (χ2n) is 8.12. The van der Waals surface area contributed by atoms with Gasteiger partial charge in [0.05, 0.1) is 23.3 Å². The fourth-order valence-corrected chi connectivity index (χ4v) is 4.06. The molecule has 2 heterocycles. The molecule has 7 nitrogen and oxygen atoms in total. The van der Waals surface area contributed by atoms with Crippen molar-refractivity contribution in [3.05, 3.63) is 59.7 Å². The van der Waals surface area contributed by atoms with E-state index in [1.807, 2.05) is 31.2 Å². The number of hydrogen-bond donors (Lipinski definition) is 2. The Morgan fingerprint density at radius 1 is 1.16 bits per heavy atom. The molecule has 0 aromatic heterocycles. The number of ether oxygens (including phenoxy) is 1. The third-order valence-corrected chi connectivity index (χ3v) is 5.75. The number of nitrogens with one attached hydrogen (secondary N) is 2. The van der Waals surface area contributed by atoms with Crippen LogP contribution >= 0.6 is 0 Å². The van der Waals surface area contributed by atoms with Gasteiger partial charge in [-0.1, -0.05) is 24.3 Å². The molecule has 0 radical (unpaired) electrons. The molecule has 2 saturated heterocycles. The highest BCUT2D eigenvalue weighted by molar-refractivity contribution is 6.07. The maximum atomic E-state index is 12.9. The van der Waals surface area contributed by atoms with Crippen molar-refractivity contribution < 1.29 is 19.1 Å². The van der Waals surface area contributed by atoms with Crippen molar-refractivity contribution in [1.29, 1.82) is 0 Å². The number of carbonyl (C=O) groups is 3. The number of rotatable bonds is 6. The molecule has 7 heteroatoms. The highest BCUT2D eigenvalue weighted by atomic mass is 16.5. The van der Waals surface area contributed by atoms with Gasteiger partial charge in [0.15, 0.2) is 0 Å². The van der Waals surface area contributed by atoms with Crippen LogP contribution in [-0.4, -0.2) is 43.5 Å². The highest BCUT2D eigenvalue weighted by Crippen LogP contribution is 2.27. The molecule has 2 aliphatic heterocycles. The lowest BCUT2D eigenvalue weighted by molar-refractivity contribution is -0.122. The molecular weight excluding hydrogens is 394 g/mol. The van der Waals surface area contributed by atoms with Gasteiger partial charge in [-0.05, 0) is 49.6 Å². The van der Waals surface area contributed by atoms with E-state index in [9.17, 15) is 14.4 Å². The van der Waals surface area contributed by atoms with Crippen LogP contribution in [0.15, 0.2) is 48.5 Å². The van der Waals surface area contributed by atoms with E-state index in [1.54, 1.807) is 29.2 Å². The number of para-hydroxylation sites is 1. The molecule has 162 valence electrons. The maximum absolute atomic E-state index is 12.9. The van der Waals surface area contributed by atoms with Gasteiger partial charge in [-0.2, -0.15) is 0 Å². The quantitative estimate of drug-likeness (QED) is 0.751. The number of anilines is 2. The molecule has 0 saturated carbocycles. The average Bonchev–Trinajstić information content (AvgIpc) is 3.42. The molecule has 0 spiro atoms. The van der Waals surface area contributed by atoms with E-state index in [2.05, 4.69) is 10.6 Å². The first kappa shape index (κ1) is 21.1. The van der Waals surface area contributed by atoms with Crippen LogP contribution in [0.3, 0.4) is 0 Å². The van der Waals surface area contributed by atoms with E-state index in [-0.39, 0.29) is 30.2 Å². The summed E-state index contributed by atoms with van der Waals surface area (Å²) < 4.78 is 5.54. The van der Waals surface area contributed by atoms with Gasteiger partial charge in [-0.25, -0.2) is 0 Å². The zero-order valence-corrected chi connectivity index (χ0v) is 17.6. The van der Waals surface area contributed by atoms with Crippen LogP contribution in [0.4, 0.5) is 11.4 Å². The van der Waals surface area contributed by atoms with Crippen molar-refractivity contribution in [2.24, 2.45) is 5.92 Å². The minimum absolute atomic E-state index is 0.0443. The van der Waals surface area contributed by atoms with E-state index in [4.69, 9.17) is 4.74 Å². The minimum atomic E-state index is -0.476. The molecule has 0 bridgehead atoms. The van der Waals surface area contributed by atoms with Crippen LogP contribution < -0.4 is 15.5 Å². The maximum Gasteiger partial charge on any atom is 0.253 e. The van der Waals surface area contributed by atoms with Crippen LogP contribution in [0.5, 0.6) is 0 Å². The van der Waals surface area contributed by atoms with Crippen LogP contribution in [0.25, 0.3) is 0 Å². The zero-order chi connectivity index (χ0) is 21.8. The summed E-state index contributed by atoms with van der Waals surface area (Å²) >= 11 is 0. The summed E-state index contributed by atoms with van der Waals surface area (Å²) in [4.78, 5) is 39.7. The van der Waals surface area contributed by atoms with E-state index in [0.29, 0.717) is 24.3 Å². The van der Waals surface area contributed by atoms with Crippen molar-refractivity contribution in [1.82, 2.24) is 5.32 Å². The fraction of sp³-hybridized carbons (Fsp3) is 0.375. The predicted octanol–water partition coefficient (Wildman–Crippen LogP) is 2.90. The Morgan fingerprint density at radius 3 is 2.77 bits per heavy atom. The Hall–Kier alpha value is -3.19. The molecule has 2 aliphatic rings. The lowest BCUT2D eigenvalue weighted by Gasteiger charge is -2.18. The Kier molecular flexibility index (Phi) is 6.32. The summed E-state index contributed by atoms with van der Waals surface area (Å²) in [6.45, 7) is 3.47. The molecular formula is C24H27N3O4. The van der Waals surface area contributed by atoms with Gasteiger partial charge in [-0.3, -0.25) is 14.4 Å². The van der Waals surface area contributed by atoms with Gasteiger partial charge < -0.3 is 20.3 Å². The normalized spacial score (nSPS) is 20.7. The molecule has 2 fully saturated rings. The topological polar surface area (TPSA) is 87.7 Å². The average molecular weight is 421 g/mol. The molecule has 2 aromatic rings. The van der Waals surface area contributed by atoms with Gasteiger partial charge in [0.25, 0.3) is 5.91 Å². The monoisotopic (exact) mass is 421 g/mol. The van der Waals surface area contributed by atoms with Gasteiger partial charge >= 0.3 is 0 Å². The lowest BCUT2D eigenvalue weighted by Crippen LogP contribution is -2.33. The number of aryl methyl sites for hydroxylation is 1. The van der Waals surface area contributed by atoms with Crippen molar-refractivity contribution in [3.8, 4) is 0 Å². The van der Waals surface area contributed by atoms with E-state index >= 15 is 0 Å². The summed E-state index contributed by atoms with van der Waals surface area (Å²) in [6, 6.07) is 14.6. The molecule has 31 heavy (non-hydrogen) atoms. The van der Waals surface area contributed by atoms with Crippen molar-refractivity contribution in [2.75, 3.05) is 29.9 Å². The summed E-state index contributed by atoms with van der Waals surface area (Å²) in [5, 5.41) is 5.74. The molecule has 3 amide bonds. The third-order valence-electron chi connectivity index (χ3n) is 5.75. The standard InChI is InChI=1S/C24H27N3O4/c1-16-6-4-7-18(12-16)27-15-17(13-22(27)28)23(29)26-21-10-3-2-9-20(21)24(30)25-14-19-8-5-11-31-19/h2-4,6-7,9-10,12,17,19H,5,8,11,13-15H2,1H3,(H,25,30)(H,26,29). The van der Waals surface area contributed by atoms with Crippen LogP contribution in [0.1, 0.15) is 35.2 Å². The van der Waals surface area contributed by atoms with Crippen LogP contribution in [0, 0.1) is 12.8 Å². The van der Waals surface area contributed by atoms with Gasteiger partial charge in [0.2, 0.25) is 11.8 Å². The van der Waals surface area contributed by atoms with E-state index in [1.165, 1.54) is 0 Å². The Balaban J connectivity index is 1.40. The summed E-state index contributed by atoms with van der Waals surface area (Å²) in [5.74, 6) is -1.07. The Bertz CT molecular complexity index is 984. The van der Waals surface area contributed by atoms with Gasteiger partial charge in [0.1, 0.15) is 0 Å². The van der Waals surface area contributed by atoms with Crippen molar-refractivity contribution >= 4 is 29.1 Å². The molecule has 4 rings (SSSR count). The fourth-order valence-electron chi connectivity index (χ4n) is 4.06. The molecule has 0 aliphatic carbocycles. The first-order valence-electron chi connectivity index (χ1n) is 10.7. The lowest BCUT2D eigenvalue weighted by atomic mass is 10.1. The zero-order valence-electron chi connectivity index (χ0n) is 17.6. The Labute approximate surface area is 181 Å². The van der Waals surface area contributed by atoms with E-state index in [0.717, 1.165) is 30.7 Å². The van der Waals surface area contributed by atoms with E-state index < -0.39 is 5.92 Å². The number of benzene rings is 2. The third kappa shape index (κ3) is 4.94. The molecule has 2 atom stereocenters. The highest BCUT2D eigenvalue weighted by Gasteiger charge is 2.35. The first-order chi connectivity index (χ1) is 15.0. The first-order valence-corrected chi connectivity index (χ1v) is 10.7. The minimum Gasteiger partial charge on any atom is -0.376 e. The summed E-state index contributed by atoms with van der Waals surface area (Å²) in [5.41, 5.74) is 2.70. The number of hydrogen-bond acceptors (Lipinski definition) is 4. The second kappa shape index (κ2) is 9.31. The van der Waals surface area contributed by atoms with Crippen LogP contribution in [0.2, 0.25) is 0 Å². The van der Waals surface area contributed by atoms with Gasteiger partial charge in [0, 0.05) is 31.8 Å². The smallest absolute Gasteiger partial charge is 0.253 e. The predicted molar refractivity (Wildman–Crippen MR) is 118 cm³/mol. The molecule has 2 aromatic carbocycles. The Morgan fingerprint density at radius 2 is 2.00 bits per heavy atom. The van der Waals surface area contributed by atoms with Crippen molar-refractivity contribution in [2.45, 2.75) is 32.3 Å². The molecule has 2 N–H and O–H groups in total. The number of carbonyl (C=O) groups excluding carboxylic acids is 3. The van der Waals surface area contributed by atoms with Crippen LogP contribution in [-0.2, 0) is 14.3 Å². The van der Waals surface area contributed by atoms with Crippen molar-refractivity contribution in [3.63, 3.8) is 0 Å². The summed E-state index contributed by atoms with van der Waals surface area (Å²) in [7, 11) is 0.